The number of methoxy groups -OCH3 is 1. The summed E-state index contributed by atoms with van der Waals surface area (Å²) in [5.41, 5.74) is 0.181. The predicted molar refractivity (Wildman–Crippen MR) is 109 cm³/mol. The summed E-state index contributed by atoms with van der Waals surface area (Å²) in [5.74, 6) is -1.20. The molecule has 2 aromatic rings. The number of sulfonamides is 1. The van der Waals surface area contributed by atoms with Crippen LogP contribution in [0.2, 0.25) is 0 Å². The van der Waals surface area contributed by atoms with Crippen molar-refractivity contribution >= 4 is 27.4 Å². The van der Waals surface area contributed by atoms with Crippen LogP contribution in [0.15, 0.2) is 41.3 Å². The first-order chi connectivity index (χ1) is 14.1. The van der Waals surface area contributed by atoms with Gasteiger partial charge in [-0.1, -0.05) is 6.92 Å². The van der Waals surface area contributed by atoms with Crippen LogP contribution in [0.5, 0.6) is 11.5 Å². The number of hydrogen-bond donors (Lipinski definition) is 1. The van der Waals surface area contributed by atoms with Gasteiger partial charge in [-0.3, -0.25) is 9.59 Å². The van der Waals surface area contributed by atoms with Crippen LogP contribution in [0.4, 0.5) is 10.1 Å². The van der Waals surface area contributed by atoms with E-state index in [2.05, 4.69) is 5.32 Å². The number of ketones is 1. The van der Waals surface area contributed by atoms with Gasteiger partial charge < -0.3 is 14.8 Å². The summed E-state index contributed by atoms with van der Waals surface area (Å²) in [6, 6.07) is 7.51. The number of amides is 1. The smallest absolute Gasteiger partial charge is 0.262 e. The molecule has 10 heteroatoms. The number of halogens is 1. The average molecular weight is 438 g/mol. The summed E-state index contributed by atoms with van der Waals surface area (Å²) >= 11 is 0. The van der Waals surface area contributed by atoms with Gasteiger partial charge in [0.1, 0.15) is 17.3 Å². The Morgan fingerprint density at radius 1 is 1.10 bits per heavy atom. The van der Waals surface area contributed by atoms with Gasteiger partial charge in [0.05, 0.1) is 23.3 Å². The SMILES string of the molecule is CCC(=O)c1cc(F)ccc1OCC(=O)Nc1cc(S(=O)(=O)N(C)C)ccc1OC. The molecule has 8 nitrogen and oxygen atoms in total. The summed E-state index contributed by atoms with van der Waals surface area (Å²) in [6.45, 7) is 1.15. The minimum atomic E-state index is -3.72. The van der Waals surface area contributed by atoms with E-state index >= 15 is 0 Å². The van der Waals surface area contributed by atoms with Gasteiger partial charge in [-0.05, 0) is 36.4 Å². The Balaban J connectivity index is 2.20. The Morgan fingerprint density at radius 2 is 1.77 bits per heavy atom. The van der Waals surface area contributed by atoms with Crippen LogP contribution in [0.3, 0.4) is 0 Å². The van der Waals surface area contributed by atoms with Crippen LogP contribution in [-0.4, -0.2) is 52.2 Å². The van der Waals surface area contributed by atoms with Gasteiger partial charge in [-0.2, -0.15) is 0 Å². The van der Waals surface area contributed by atoms with E-state index in [1.807, 2.05) is 0 Å². The minimum Gasteiger partial charge on any atom is -0.495 e. The maximum atomic E-state index is 13.5. The number of benzene rings is 2. The zero-order chi connectivity index (χ0) is 22.5. The number of Topliss-reactive ketones (excluding diaryl/α,β-unsaturated/α-hetero) is 1. The summed E-state index contributed by atoms with van der Waals surface area (Å²) in [6.07, 6.45) is 0.149. The van der Waals surface area contributed by atoms with Crippen LogP contribution < -0.4 is 14.8 Å². The third kappa shape index (κ3) is 5.33. The van der Waals surface area contributed by atoms with Gasteiger partial charge in [-0.15, -0.1) is 0 Å². The molecule has 0 saturated heterocycles. The molecular formula is C20H23FN2O6S. The number of rotatable bonds is 9. The topological polar surface area (TPSA) is 102 Å². The zero-order valence-electron chi connectivity index (χ0n) is 17.1. The highest BCUT2D eigenvalue weighted by molar-refractivity contribution is 7.89. The molecule has 0 saturated carbocycles. The molecule has 0 aliphatic rings. The monoisotopic (exact) mass is 438 g/mol. The molecule has 0 spiro atoms. The van der Waals surface area contributed by atoms with Crippen LogP contribution >= 0.6 is 0 Å². The maximum absolute atomic E-state index is 13.5. The average Bonchev–Trinajstić information content (AvgIpc) is 2.71. The van der Waals surface area contributed by atoms with E-state index in [-0.39, 0.29) is 39.8 Å². The summed E-state index contributed by atoms with van der Waals surface area (Å²) in [4.78, 5) is 24.3. The molecular weight excluding hydrogens is 415 g/mol. The number of ether oxygens (including phenoxy) is 2. The van der Waals surface area contributed by atoms with Crippen molar-refractivity contribution in [1.82, 2.24) is 4.31 Å². The fourth-order valence-electron chi connectivity index (χ4n) is 2.52. The fourth-order valence-corrected chi connectivity index (χ4v) is 3.45. The molecule has 1 N–H and O–H groups in total. The molecule has 0 heterocycles. The highest BCUT2D eigenvalue weighted by Crippen LogP contribution is 2.28. The Kier molecular flexibility index (Phi) is 7.52. The largest absolute Gasteiger partial charge is 0.495 e. The first kappa shape index (κ1) is 23.3. The molecule has 0 unspecified atom stereocenters. The molecule has 162 valence electrons. The molecule has 0 radical (unpaired) electrons. The second-order valence-corrected chi connectivity index (χ2v) is 8.56. The van der Waals surface area contributed by atoms with E-state index in [9.17, 15) is 22.4 Å². The summed E-state index contributed by atoms with van der Waals surface area (Å²) in [7, 11) is 0.447. The van der Waals surface area contributed by atoms with Gasteiger partial charge in [-0.25, -0.2) is 17.1 Å². The second kappa shape index (κ2) is 9.68. The number of carbonyl (C=O) groups is 2. The molecule has 0 aliphatic heterocycles. The quantitative estimate of drug-likeness (QED) is 0.604. The summed E-state index contributed by atoms with van der Waals surface area (Å²) in [5, 5.41) is 2.53. The maximum Gasteiger partial charge on any atom is 0.262 e. The Labute approximate surface area is 174 Å². The third-order valence-corrected chi connectivity index (χ3v) is 5.96. The first-order valence-corrected chi connectivity index (χ1v) is 10.4. The lowest BCUT2D eigenvalue weighted by Crippen LogP contribution is -2.23. The van der Waals surface area contributed by atoms with E-state index in [1.54, 1.807) is 6.92 Å². The Morgan fingerprint density at radius 3 is 2.37 bits per heavy atom. The second-order valence-electron chi connectivity index (χ2n) is 6.40. The van der Waals surface area contributed by atoms with Crippen molar-refractivity contribution in [2.24, 2.45) is 0 Å². The van der Waals surface area contributed by atoms with E-state index in [4.69, 9.17) is 9.47 Å². The number of anilines is 1. The Hall–Kier alpha value is -2.98. The number of nitrogens with one attached hydrogen (secondary N) is 1. The first-order valence-electron chi connectivity index (χ1n) is 8.96. The van der Waals surface area contributed by atoms with Crippen LogP contribution in [-0.2, 0) is 14.8 Å². The fraction of sp³-hybridized carbons (Fsp3) is 0.300. The molecule has 0 atom stereocenters. The van der Waals surface area contributed by atoms with E-state index in [0.29, 0.717) is 0 Å². The number of carbonyl (C=O) groups excluding carboxylic acids is 2. The zero-order valence-corrected chi connectivity index (χ0v) is 17.9. The number of hydrogen-bond acceptors (Lipinski definition) is 6. The molecule has 2 aromatic carbocycles. The van der Waals surface area contributed by atoms with Crippen LogP contribution in [0.1, 0.15) is 23.7 Å². The van der Waals surface area contributed by atoms with E-state index < -0.39 is 28.4 Å². The van der Waals surface area contributed by atoms with Gasteiger partial charge in [0.15, 0.2) is 12.4 Å². The highest BCUT2D eigenvalue weighted by atomic mass is 32.2. The highest BCUT2D eigenvalue weighted by Gasteiger charge is 2.20. The van der Waals surface area contributed by atoms with Gasteiger partial charge in [0, 0.05) is 20.5 Å². The van der Waals surface area contributed by atoms with Crippen molar-refractivity contribution in [2.45, 2.75) is 18.2 Å². The van der Waals surface area contributed by atoms with E-state index in [1.165, 1.54) is 45.5 Å². The lowest BCUT2D eigenvalue weighted by atomic mass is 10.1. The van der Waals surface area contributed by atoms with Crippen molar-refractivity contribution in [3.05, 3.63) is 47.8 Å². The molecule has 0 aliphatic carbocycles. The molecule has 0 bridgehead atoms. The van der Waals surface area contributed by atoms with Gasteiger partial charge >= 0.3 is 0 Å². The lowest BCUT2D eigenvalue weighted by molar-refractivity contribution is -0.118. The molecule has 0 fully saturated rings. The normalized spacial score (nSPS) is 11.3. The standard InChI is InChI=1S/C20H23FN2O6S/c1-5-17(24)15-10-13(21)6-8-18(15)29-12-20(25)22-16-11-14(7-9-19(16)28-4)30(26,27)23(2)3/h6-11H,5,12H2,1-4H3,(H,22,25). The van der Waals surface area contributed by atoms with Crippen molar-refractivity contribution in [1.29, 1.82) is 0 Å². The predicted octanol–water partition coefficient (Wildman–Crippen LogP) is 2.69. The van der Waals surface area contributed by atoms with Crippen molar-refractivity contribution in [3.8, 4) is 11.5 Å². The van der Waals surface area contributed by atoms with Crippen molar-refractivity contribution in [2.75, 3.05) is 33.1 Å². The van der Waals surface area contributed by atoms with Crippen LogP contribution in [0.25, 0.3) is 0 Å². The molecule has 0 aromatic heterocycles. The summed E-state index contributed by atoms with van der Waals surface area (Å²) < 4.78 is 49.7. The minimum absolute atomic E-state index is 0.0288. The molecule has 2 rings (SSSR count). The van der Waals surface area contributed by atoms with Crippen LogP contribution in [0, 0.1) is 5.82 Å². The van der Waals surface area contributed by atoms with Gasteiger partial charge in [0.2, 0.25) is 10.0 Å². The third-order valence-electron chi connectivity index (χ3n) is 4.15. The Bertz CT molecular complexity index is 1050. The van der Waals surface area contributed by atoms with Crippen molar-refractivity contribution < 1.29 is 31.9 Å². The molecule has 1 amide bonds. The van der Waals surface area contributed by atoms with Gasteiger partial charge in [0.25, 0.3) is 5.91 Å². The van der Waals surface area contributed by atoms with Crippen molar-refractivity contribution in [3.63, 3.8) is 0 Å². The van der Waals surface area contributed by atoms with E-state index in [0.717, 1.165) is 16.4 Å². The molecule has 30 heavy (non-hydrogen) atoms. The lowest BCUT2D eigenvalue weighted by Gasteiger charge is -2.15. The number of nitrogens with zero attached hydrogens (tertiary/aromatic N) is 1.